The van der Waals surface area contributed by atoms with E-state index < -0.39 is 5.41 Å². The number of amides is 3. The molecule has 114 valence electrons. The Kier molecular flexibility index (Phi) is 5.18. The van der Waals surface area contributed by atoms with E-state index in [1.807, 2.05) is 6.92 Å². The second kappa shape index (κ2) is 6.44. The Morgan fingerprint density at radius 3 is 2.35 bits per heavy atom. The van der Waals surface area contributed by atoms with Crippen LogP contribution in [0.3, 0.4) is 0 Å². The highest BCUT2D eigenvalue weighted by molar-refractivity contribution is 6.07. The van der Waals surface area contributed by atoms with Gasteiger partial charge in [0.2, 0.25) is 5.91 Å². The van der Waals surface area contributed by atoms with Gasteiger partial charge in [-0.1, -0.05) is 12.1 Å². The first-order valence-corrected chi connectivity index (χ1v) is 6.55. The minimum absolute atomic E-state index is 0.0505. The van der Waals surface area contributed by atoms with E-state index in [9.17, 15) is 9.59 Å². The van der Waals surface area contributed by atoms with E-state index in [-0.39, 0.29) is 17.8 Å². The summed E-state index contributed by atoms with van der Waals surface area (Å²) in [5, 5.41) is 17.1. The predicted octanol–water partition coefficient (Wildman–Crippen LogP) is -0.463. The number of carbonyl (C=O) groups excluding carboxylic acids is 2. The number of oxime groups is 1. The first-order chi connectivity index (χ1) is 9.33. The SMILES string of the molecule is CC1CC(C(=O)NCCNC(=O)N(C)C)(C(N)=NO)C1. The van der Waals surface area contributed by atoms with Gasteiger partial charge in [-0.3, -0.25) is 4.79 Å². The Bertz CT molecular complexity index is 402. The van der Waals surface area contributed by atoms with E-state index in [1.54, 1.807) is 14.1 Å². The summed E-state index contributed by atoms with van der Waals surface area (Å²) in [5.41, 5.74) is 4.73. The molecule has 0 unspecified atom stereocenters. The van der Waals surface area contributed by atoms with E-state index >= 15 is 0 Å². The van der Waals surface area contributed by atoms with E-state index in [0.717, 1.165) is 0 Å². The summed E-state index contributed by atoms with van der Waals surface area (Å²) in [6.07, 6.45) is 1.14. The number of hydrogen-bond donors (Lipinski definition) is 4. The smallest absolute Gasteiger partial charge is 0.316 e. The second-order valence-corrected chi connectivity index (χ2v) is 5.46. The molecule has 0 radical (unpaired) electrons. The monoisotopic (exact) mass is 285 g/mol. The lowest BCUT2D eigenvalue weighted by molar-refractivity contribution is -0.133. The Labute approximate surface area is 118 Å². The molecular weight excluding hydrogens is 262 g/mol. The zero-order chi connectivity index (χ0) is 15.3. The average molecular weight is 285 g/mol. The van der Waals surface area contributed by atoms with Gasteiger partial charge in [0.1, 0.15) is 5.41 Å². The van der Waals surface area contributed by atoms with Gasteiger partial charge in [0.25, 0.3) is 0 Å². The van der Waals surface area contributed by atoms with Crippen LogP contribution in [0.15, 0.2) is 5.16 Å². The second-order valence-electron chi connectivity index (χ2n) is 5.46. The molecule has 20 heavy (non-hydrogen) atoms. The first-order valence-electron chi connectivity index (χ1n) is 6.55. The number of nitrogens with two attached hydrogens (primary N) is 1. The van der Waals surface area contributed by atoms with Gasteiger partial charge < -0.3 is 26.5 Å². The zero-order valence-electron chi connectivity index (χ0n) is 12.1. The molecule has 1 aliphatic carbocycles. The molecule has 0 atom stereocenters. The molecule has 1 saturated carbocycles. The summed E-state index contributed by atoms with van der Waals surface area (Å²) in [6.45, 7) is 2.63. The van der Waals surface area contributed by atoms with Crippen LogP contribution in [0.4, 0.5) is 4.79 Å². The molecule has 0 aliphatic heterocycles. The number of carbonyl (C=O) groups is 2. The maximum atomic E-state index is 12.2. The van der Waals surface area contributed by atoms with Gasteiger partial charge in [0, 0.05) is 27.2 Å². The molecule has 8 nitrogen and oxygen atoms in total. The molecular formula is C12H23N5O3. The molecule has 0 aromatic carbocycles. The number of amidine groups is 1. The molecule has 0 bridgehead atoms. The Morgan fingerprint density at radius 1 is 1.35 bits per heavy atom. The van der Waals surface area contributed by atoms with Crippen LogP contribution in [-0.4, -0.2) is 55.1 Å². The van der Waals surface area contributed by atoms with Crippen LogP contribution in [-0.2, 0) is 4.79 Å². The highest BCUT2D eigenvalue weighted by atomic mass is 16.4. The third kappa shape index (κ3) is 3.31. The van der Waals surface area contributed by atoms with E-state index in [0.29, 0.717) is 31.8 Å². The molecule has 3 amide bonds. The summed E-state index contributed by atoms with van der Waals surface area (Å²) in [6, 6.07) is -0.220. The Morgan fingerprint density at radius 2 is 1.90 bits per heavy atom. The van der Waals surface area contributed by atoms with Crippen LogP contribution in [0.25, 0.3) is 0 Å². The highest BCUT2D eigenvalue weighted by Crippen LogP contribution is 2.45. The van der Waals surface area contributed by atoms with Crippen LogP contribution in [0.2, 0.25) is 0 Å². The van der Waals surface area contributed by atoms with Crippen molar-refractivity contribution in [2.75, 3.05) is 27.2 Å². The zero-order valence-corrected chi connectivity index (χ0v) is 12.1. The summed E-state index contributed by atoms with van der Waals surface area (Å²) in [7, 11) is 3.27. The first kappa shape index (κ1) is 16.1. The van der Waals surface area contributed by atoms with Crippen LogP contribution < -0.4 is 16.4 Å². The molecule has 0 heterocycles. The summed E-state index contributed by atoms with van der Waals surface area (Å²) >= 11 is 0. The van der Waals surface area contributed by atoms with Gasteiger partial charge in [0.15, 0.2) is 5.84 Å². The normalized spacial score (nSPS) is 25.6. The molecule has 8 heteroatoms. The number of nitrogens with zero attached hydrogens (tertiary/aromatic N) is 2. The Hall–Kier alpha value is -1.99. The fourth-order valence-electron chi connectivity index (χ4n) is 2.41. The lowest BCUT2D eigenvalue weighted by Crippen LogP contribution is -2.57. The molecule has 0 aromatic rings. The van der Waals surface area contributed by atoms with Crippen molar-refractivity contribution < 1.29 is 14.8 Å². The minimum atomic E-state index is -0.903. The largest absolute Gasteiger partial charge is 0.409 e. The van der Waals surface area contributed by atoms with Crippen LogP contribution in [0, 0.1) is 11.3 Å². The van der Waals surface area contributed by atoms with Gasteiger partial charge in [-0.25, -0.2) is 4.79 Å². The van der Waals surface area contributed by atoms with Gasteiger partial charge >= 0.3 is 6.03 Å². The summed E-state index contributed by atoms with van der Waals surface area (Å²) < 4.78 is 0. The quantitative estimate of drug-likeness (QED) is 0.179. The average Bonchev–Trinajstić information content (AvgIpc) is 2.37. The number of rotatable bonds is 5. The maximum absolute atomic E-state index is 12.2. The number of hydrogen-bond acceptors (Lipinski definition) is 4. The van der Waals surface area contributed by atoms with Crippen molar-refractivity contribution in [2.45, 2.75) is 19.8 Å². The van der Waals surface area contributed by atoms with Crippen molar-refractivity contribution in [3.05, 3.63) is 0 Å². The standard InChI is InChI=1S/C12H23N5O3/c1-8-6-12(7-8,9(13)16-20)10(18)14-4-5-15-11(19)17(2)3/h8,20H,4-7H2,1-3H3,(H2,13,16)(H,14,18)(H,15,19). The van der Waals surface area contributed by atoms with Crippen LogP contribution in [0.1, 0.15) is 19.8 Å². The lowest BCUT2D eigenvalue weighted by atomic mass is 9.61. The highest BCUT2D eigenvalue weighted by Gasteiger charge is 2.51. The Balaban J connectivity index is 2.43. The van der Waals surface area contributed by atoms with Crippen molar-refractivity contribution in [3.63, 3.8) is 0 Å². The van der Waals surface area contributed by atoms with Crippen molar-refractivity contribution in [1.82, 2.24) is 15.5 Å². The van der Waals surface area contributed by atoms with Crippen molar-refractivity contribution in [1.29, 1.82) is 0 Å². The molecule has 0 saturated heterocycles. The van der Waals surface area contributed by atoms with Crippen molar-refractivity contribution in [3.8, 4) is 0 Å². The van der Waals surface area contributed by atoms with Crippen LogP contribution >= 0.6 is 0 Å². The van der Waals surface area contributed by atoms with E-state index in [2.05, 4.69) is 15.8 Å². The molecule has 1 fully saturated rings. The minimum Gasteiger partial charge on any atom is -0.409 e. The number of urea groups is 1. The lowest BCUT2D eigenvalue weighted by Gasteiger charge is -2.43. The van der Waals surface area contributed by atoms with Gasteiger partial charge in [-0.15, -0.1) is 0 Å². The fourth-order valence-corrected chi connectivity index (χ4v) is 2.41. The summed E-state index contributed by atoms with van der Waals surface area (Å²) in [5.74, 6) is 0.0601. The van der Waals surface area contributed by atoms with E-state index in [4.69, 9.17) is 10.9 Å². The van der Waals surface area contributed by atoms with Gasteiger partial charge in [-0.05, 0) is 18.8 Å². The third-order valence-electron chi connectivity index (χ3n) is 3.52. The molecule has 1 aliphatic rings. The topological polar surface area (TPSA) is 120 Å². The third-order valence-corrected chi connectivity index (χ3v) is 3.52. The number of nitrogens with one attached hydrogen (secondary N) is 2. The van der Waals surface area contributed by atoms with E-state index in [1.165, 1.54) is 4.90 Å². The molecule has 1 rings (SSSR count). The molecule has 0 aromatic heterocycles. The fraction of sp³-hybridized carbons (Fsp3) is 0.750. The van der Waals surface area contributed by atoms with Crippen LogP contribution in [0.5, 0.6) is 0 Å². The molecule has 0 spiro atoms. The van der Waals surface area contributed by atoms with Gasteiger partial charge in [0.05, 0.1) is 0 Å². The predicted molar refractivity (Wildman–Crippen MR) is 74.3 cm³/mol. The molecule has 5 N–H and O–H groups in total. The summed E-state index contributed by atoms with van der Waals surface area (Å²) in [4.78, 5) is 24.9. The van der Waals surface area contributed by atoms with Crippen molar-refractivity contribution >= 4 is 17.8 Å². The maximum Gasteiger partial charge on any atom is 0.316 e. The van der Waals surface area contributed by atoms with Gasteiger partial charge in [-0.2, -0.15) is 0 Å². The van der Waals surface area contributed by atoms with Crippen molar-refractivity contribution in [2.24, 2.45) is 22.2 Å².